The summed E-state index contributed by atoms with van der Waals surface area (Å²) in [6.45, 7) is 3.13. The number of benzene rings is 1. The van der Waals surface area contributed by atoms with E-state index >= 15 is 0 Å². The Hall–Kier alpha value is -0.770. The van der Waals surface area contributed by atoms with Crippen LogP contribution in [0.4, 0.5) is 0 Å². The lowest BCUT2D eigenvalue weighted by Gasteiger charge is -2.27. The SMILES string of the molecule is CC(C)(C(=O)O)C(N)c1cc(Cl)cc(Cl)c1. The number of aliphatic carboxylic acids is 1. The molecule has 0 bridgehead atoms. The van der Waals surface area contributed by atoms with Crippen molar-refractivity contribution in [3.8, 4) is 0 Å². The van der Waals surface area contributed by atoms with Gasteiger partial charge in [0.05, 0.1) is 5.41 Å². The summed E-state index contributed by atoms with van der Waals surface area (Å²) in [5, 5.41) is 9.95. The first-order chi connectivity index (χ1) is 7.25. The summed E-state index contributed by atoms with van der Waals surface area (Å²) in [6.07, 6.45) is 0. The van der Waals surface area contributed by atoms with Gasteiger partial charge in [-0.05, 0) is 37.6 Å². The Bertz CT molecular complexity index is 398. The van der Waals surface area contributed by atoms with Crippen LogP contribution >= 0.6 is 23.2 Å². The Kier molecular flexibility index (Phi) is 3.84. The molecule has 3 N–H and O–H groups in total. The number of carbonyl (C=O) groups is 1. The Labute approximate surface area is 104 Å². The van der Waals surface area contributed by atoms with E-state index in [1.165, 1.54) is 0 Å². The molecule has 0 heterocycles. The highest BCUT2D eigenvalue weighted by Crippen LogP contribution is 2.34. The maximum Gasteiger partial charge on any atom is 0.311 e. The van der Waals surface area contributed by atoms with E-state index < -0.39 is 17.4 Å². The highest BCUT2D eigenvalue weighted by molar-refractivity contribution is 6.34. The number of halogens is 2. The van der Waals surface area contributed by atoms with Crippen molar-refractivity contribution in [2.45, 2.75) is 19.9 Å². The predicted octanol–water partition coefficient (Wildman–Crippen LogP) is 3.10. The van der Waals surface area contributed by atoms with Crippen molar-refractivity contribution in [3.63, 3.8) is 0 Å². The number of hydrogen-bond acceptors (Lipinski definition) is 2. The Balaban J connectivity index is 3.14. The van der Waals surface area contributed by atoms with Crippen LogP contribution in [0.1, 0.15) is 25.5 Å². The van der Waals surface area contributed by atoms with Gasteiger partial charge in [-0.1, -0.05) is 23.2 Å². The highest BCUT2D eigenvalue weighted by atomic mass is 35.5. The van der Waals surface area contributed by atoms with Gasteiger partial charge in [-0.15, -0.1) is 0 Å². The monoisotopic (exact) mass is 261 g/mol. The average Bonchev–Trinajstić information content (AvgIpc) is 2.14. The van der Waals surface area contributed by atoms with Gasteiger partial charge in [0.2, 0.25) is 0 Å². The van der Waals surface area contributed by atoms with Crippen LogP contribution < -0.4 is 5.73 Å². The van der Waals surface area contributed by atoms with Gasteiger partial charge in [-0.2, -0.15) is 0 Å². The van der Waals surface area contributed by atoms with Gasteiger partial charge in [0.25, 0.3) is 0 Å². The minimum absolute atomic E-state index is 0.444. The molecule has 0 saturated heterocycles. The lowest BCUT2D eigenvalue weighted by Crippen LogP contribution is -2.36. The van der Waals surface area contributed by atoms with E-state index in [4.69, 9.17) is 34.0 Å². The third-order valence-corrected chi connectivity index (χ3v) is 3.01. The van der Waals surface area contributed by atoms with Crippen LogP contribution in [-0.4, -0.2) is 11.1 Å². The van der Waals surface area contributed by atoms with Crippen LogP contribution in [0.3, 0.4) is 0 Å². The van der Waals surface area contributed by atoms with E-state index in [9.17, 15) is 4.79 Å². The predicted molar refractivity (Wildman–Crippen MR) is 64.8 cm³/mol. The molecule has 1 atom stereocenters. The highest BCUT2D eigenvalue weighted by Gasteiger charge is 2.35. The topological polar surface area (TPSA) is 63.3 Å². The smallest absolute Gasteiger partial charge is 0.311 e. The van der Waals surface area contributed by atoms with Crippen LogP contribution in [0.2, 0.25) is 10.0 Å². The zero-order chi connectivity index (χ0) is 12.5. The second-order valence-electron chi connectivity index (χ2n) is 4.21. The van der Waals surface area contributed by atoms with Gasteiger partial charge in [0.1, 0.15) is 0 Å². The summed E-state index contributed by atoms with van der Waals surface area (Å²) >= 11 is 11.7. The van der Waals surface area contributed by atoms with Crippen LogP contribution in [0.5, 0.6) is 0 Å². The van der Waals surface area contributed by atoms with Crippen molar-refractivity contribution in [2.75, 3.05) is 0 Å². The van der Waals surface area contributed by atoms with Gasteiger partial charge in [-0.25, -0.2) is 0 Å². The van der Waals surface area contributed by atoms with Crippen LogP contribution in [0.25, 0.3) is 0 Å². The van der Waals surface area contributed by atoms with Gasteiger partial charge in [-0.3, -0.25) is 4.79 Å². The van der Waals surface area contributed by atoms with E-state index in [0.717, 1.165) is 0 Å². The number of carboxylic acid groups (broad SMARTS) is 1. The summed E-state index contributed by atoms with van der Waals surface area (Å²) in [5.41, 5.74) is 5.45. The van der Waals surface area contributed by atoms with Gasteiger partial charge in [0, 0.05) is 16.1 Å². The number of carboxylic acids is 1. The first-order valence-corrected chi connectivity index (χ1v) is 5.45. The first kappa shape index (κ1) is 13.3. The zero-order valence-electron chi connectivity index (χ0n) is 9.00. The summed E-state index contributed by atoms with van der Waals surface area (Å²) in [6, 6.07) is 4.17. The second kappa shape index (κ2) is 4.62. The Morgan fingerprint density at radius 2 is 1.75 bits per heavy atom. The third-order valence-electron chi connectivity index (χ3n) is 2.57. The summed E-state index contributed by atoms with van der Waals surface area (Å²) in [5.74, 6) is -0.962. The van der Waals surface area contributed by atoms with E-state index in [-0.39, 0.29) is 0 Å². The van der Waals surface area contributed by atoms with Crippen LogP contribution in [0, 0.1) is 5.41 Å². The normalized spacial score (nSPS) is 13.6. The molecule has 0 fully saturated rings. The van der Waals surface area contributed by atoms with Crippen molar-refractivity contribution in [2.24, 2.45) is 11.1 Å². The number of rotatable bonds is 3. The molecule has 0 aliphatic carbocycles. The van der Waals surface area contributed by atoms with E-state index in [1.54, 1.807) is 32.0 Å². The van der Waals surface area contributed by atoms with Crippen molar-refractivity contribution >= 4 is 29.2 Å². The van der Waals surface area contributed by atoms with Crippen molar-refractivity contribution < 1.29 is 9.90 Å². The van der Waals surface area contributed by atoms with Crippen molar-refractivity contribution in [3.05, 3.63) is 33.8 Å². The molecule has 0 spiro atoms. The van der Waals surface area contributed by atoms with Crippen LogP contribution in [-0.2, 0) is 4.79 Å². The average molecular weight is 262 g/mol. The fraction of sp³-hybridized carbons (Fsp3) is 0.364. The lowest BCUT2D eigenvalue weighted by molar-refractivity contribution is -0.148. The summed E-state index contributed by atoms with van der Waals surface area (Å²) in [7, 11) is 0. The molecule has 1 rings (SSSR count). The lowest BCUT2D eigenvalue weighted by atomic mass is 9.81. The first-order valence-electron chi connectivity index (χ1n) is 4.70. The molecule has 1 unspecified atom stereocenters. The minimum Gasteiger partial charge on any atom is -0.481 e. The number of hydrogen-bond donors (Lipinski definition) is 2. The maximum atomic E-state index is 11.1. The van der Waals surface area contributed by atoms with Gasteiger partial charge >= 0.3 is 5.97 Å². The van der Waals surface area contributed by atoms with E-state index in [1.807, 2.05) is 0 Å². The number of nitrogens with two attached hydrogens (primary N) is 1. The molecule has 1 aromatic rings. The molecule has 0 aromatic heterocycles. The van der Waals surface area contributed by atoms with Crippen molar-refractivity contribution in [1.82, 2.24) is 0 Å². The van der Waals surface area contributed by atoms with Crippen LogP contribution in [0.15, 0.2) is 18.2 Å². The second-order valence-corrected chi connectivity index (χ2v) is 5.08. The molecular weight excluding hydrogens is 249 g/mol. The Morgan fingerprint density at radius 3 is 2.12 bits per heavy atom. The van der Waals surface area contributed by atoms with Gasteiger partial charge in [0.15, 0.2) is 0 Å². The maximum absolute atomic E-state index is 11.1. The van der Waals surface area contributed by atoms with E-state index in [0.29, 0.717) is 15.6 Å². The molecule has 0 radical (unpaired) electrons. The molecule has 0 saturated carbocycles. The zero-order valence-corrected chi connectivity index (χ0v) is 10.5. The largest absolute Gasteiger partial charge is 0.481 e. The standard InChI is InChI=1S/C11H13Cl2NO2/c1-11(2,10(15)16)9(14)6-3-7(12)5-8(13)4-6/h3-5,9H,14H2,1-2H3,(H,15,16). The van der Waals surface area contributed by atoms with E-state index in [2.05, 4.69) is 0 Å². The third kappa shape index (κ3) is 2.67. The fourth-order valence-corrected chi connectivity index (χ4v) is 1.85. The molecule has 0 aliphatic rings. The van der Waals surface area contributed by atoms with Crippen molar-refractivity contribution in [1.29, 1.82) is 0 Å². The molecule has 5 heteroatoms. The summed E-state index contributed by atoms with van der Waals surface area (Å²) < 4.78 is 0. The quantitative estimate of drug-likeness (QED) is 0.879. The summed E-state index contributed by atoms with van der Waals surface area (Å²) in [4.78, 5) is 11.1. The Morgan fingerprint density at radius 1 is 1.31 bits per heavy atom. The molecule has 0 amide bonds. The molecule has 1 aromatic carbocycles. The molecule has 3 nitrogen and oxygen atoms in total. The molecule has 16 heavy (non-hydrogen) atoms. The molecular formula is C11H13Cl2NO2. The molecule has 0 aliphatic heterocycles. The van der Waals surface area contributed by atoms with Gasteiger partial charge < -0.3 is 10.8 Å². The fourth-order valence-electron chi connectivity index (χ4n) is 1.30. The minimum atomic E-state index is -1.08. The molecule has 88 valence electrons.